The average Bonchev–Trinajstić information content (AvgIpc) is 2.88. The van der Waals surface area contributed by atoms with Gasteiger partial charge in [0.05, 0.1) is 15.4 Å². The molecule has 0 bridgehead atoms. The Kier molecular flexibility index (Phi) is 5.00. The van der Waals surface area contributed by atoms with Gasteiger partial charge in [0.1, 0.15) is 12.4 Å². The maximum absolute atomic E-state index is 10.6. The number of aromatic nitrogens is 1. The van der Waals surface area contributed by atoms with Gasteiger partial charge in [-0.15, -0.1) is 11.3 Å². The zero-order chi connectivity index (χ0) is 14.5. The van der Waals surface area contributed by atoms with Crippen LogP contribution < -0.4 is 4.74 Å². The summed E-state index contributed by atoms with van der Waals surface area (Å²) in [6, 6.07) is 3.14. The zero-order valence-electron chi connectivity index (χ0n) is 10.0. The second kappa shape index (κ2) is 6.74. The van der Waals surface area contributed by atoms with Crippen LogP contribution in [0, 0.1) is 0 Å². The Morgan fingerprint density at radius 1 is 1.45 bits per heavy atom. The molecule has 2 aromatic rings. The lowest BCUT2D eigenvalue weighted by atomic mass is 10.2. The Morgan fingerprint density at radius 3 is 2.90 bits per heavy atom. The molecule has 1 aromatic heterocycles. The van der Waals surface area contributed by atoms with E-state index in [1.54, 1.807) is 23.8 Å². The first-order chi connectivity index (χ1) is 9.56. The summed E-state index contributed by atoms with van der Waals surface area (Å²) in [6.07, 6.45) is 4.09. The van der Waals surface area contributed by atoms with E-state index in [-0.39, 0.29) is 0 Å². The van der Waals surface area contributed by atoms with Gasteiger partial charge in [-0.25, -0.2) is 4.79 Å². The monoisotopic (exact) mass is 329 g/mol. The van der Waals surface area contributed by atoms with Gasteiger partial charge >= 0.3 is 5.97 Å². The van der Waals surface area contributed by atoms with Crippen LogP contribution in [0.25, 0.3) is 6.08 Å². The Labute approximate surface area is 129 Å². The minimum absolute atomic E-state index is 0.305. The summed E-state index contributed by atoms with van der Waals surface area (Å²) < 4.78 is 5.64. The number of rotatable bonds is 5. The lowest BCUT2D eigenvalue weighted by Gasteiger charge is -2.10. The number of nitrogens with zero attached hydrogens (tertiary/aromatic N) is 1. The summed E-state index contributed by atoms with van der Waals surface area (Å²) >= 11 is 13.5. The third-order valence-electron chi connectivity index (χ3n) is 2.28. The summed E-state index contributed by atoms with van der Waals surface area (Å²) in [5.74, 6) is -0.670. The van der Waals surface area contributed by atoms with Crippen LogP contribution in [0.1, 0.15) is 10.4 Å². The number of carboxylic acids is 1. The molecule has 0 radical (unpaired) electrons. The molecule has 0 aliphatic rings. The summed E-state index contributed by atoms with van der Waals surface area (Å²) in [7, 11) is 0. The Hall–Kier alpha value is -1.56. The molecule has 4 nitrogen and oxygen atoms in total. The molecule has 0 unspecified atom stereocenters. The molecule has 0 saturated carbocycles. The van der Waals surface area contributed by atoms with Crippen LogP contribution >= 0.6 is 34.5 Å². The first-order valence-corrected chi connectivity index (χ1v) is 7.10. The molecule has 0 saturated heterocycles. The largest absolute Gasteiger partial charge is 0.486 e. The van der Waals surface area contributed by atoms with E-state index in [1.807, 2.05) is 0 Å². The van der Waals surface area contributed by atoms with Crippen molar-refractivity contribution in [2.45, 2.75) is 6.61 Å². The maximum atomic E-state index is 10.6. The summed E-state index contributed by atoms with van der Waals surface area (Å²) in [6.45, 7) is 0.305. The van der Waals surface area contributed by atoms with Gasteiger partial charge < -0.3 is 9.84 Å². The molecule has 0 aliphatic heterocycles. The molecule has 0 atom stereocenters. The lowest BCUT2D eigenvalue weighted by molar-refractivity contribution is -0.131. The molecule has 0 spiro atoms. The number of hydrogen-bond acceptors (Lipinski definition) is 4. The molecule has 20 heavy (non-hydrogen) atoms. The third-order valence-corrected chi connectivity index (χ3v) is 3.54. The van der Waals surface area contributed by atoms with Crippen LogP contribution in [0.4, 0.5) is 0 Å². The molecule has 0 amide bonds. The summed E-state index contributed by atoms with van der Waals surface area (Å²) in [4.78, 5) is 15.5. The zero-order valence-corrected chi connectivity index (χ0v) is 12.4. The van der Waals surface area contributed by atoms with Gasteiger partial charge in [-0.3, -0.25) is 4.98 Å². The summed E-state index contributed by atoms with van der Waals surface area (Å²) in [5.41, 5.74) is 2.21. The fraction of sp³-hybridized carbons (Fsp3) is 0.0769. The van der Waals surface area contributed by atoms with Crippen molar-refractivity contribution in [2.75, 3.05) is 0 Å². The Morgan fingerprint density at radius 2 is 2.25 bits per heavy atom. The van der Waals surface area contributed by atoms with Crippen molar-refractivity contribution in [3.8, 4) is 5.75 Å². The van der Waals surface area contributed by atoms with E-state index in [9.17, 15) is 4.79 Å². The van der Waals surface area contributed by atoms with Gasteiger partial charge in [0.2, 0.25) is 0 Å². The highest BCUT2D eigenvalue weighted by Gasteiger charge is 2.10. The molecular formula is C13H9Cl2NO3S. The number of aliphatic carboxylic acids is 1. The van der Waals surface area contributed by atoms with Crippen molar-refractivity contribution < 1.29 is 14.6 Å². The van der Waals surface area contributed by atoms with Crippen molar-refractivity contribution >= 4 is 46.6 Å². The predicted octanol–water partition coefficient (Wildman–Crippen LogP) is 4.13. The van der Waals surface area contributed by atoms with Crippen molar-refractivity contribution in [1.29, 1.82) is 0 Å². The van der Waals surface area contributed by atoms with E-state index in [2.05, 4.69) is 4.98 Å². The van der Waals surface area contributed by atoms with Gasteiger partial charge in [-0.1, -0.05) is 23.2 Å². The molecule has 1 heterocycles. The highest BCUT2D eigenvalue weighted by molar-refractivity contribution is 7.09. The van der Waals surface area contributed by atoms with E-state index < -0.39 is 5.97 Å². The fourth-order valence-electron chi connectivity index (χ4n) is 1.47. The van der Waals surface area contributed by atoms with Gasteiger partial charge in [0.25, 0.3) is 0 Å². The highest BCUT2D eigenvalue weighted by Crippen LogP contribution is 2.34. The van der Waals surface area contributed by atoms with Crippen LogP contribution in [-0.2, 0) is 11.4 Å². The SMILES string of the molecule is O=C(O)/C=C/c1cc(Cl)cc(Cl)c1OCc1cncs1. The number of halogens is 2. The van der Waals surface area contributed by atoms with E-state index in [4.69, 9.17) is 33.0 Å². The van der Waals surface area contributed by atoms with E-state index in [0.717, 1.165) is 11.0 Å². The molecule has 1 aromatic carbocycles. The van der Waals surface area contributed by atoms with Crippen LogP contribution in [0.5, 0.6) is 5.75 Å². The maximum Gasteiger partial charge on any atom is 0.328 e. The topological polar surface area (TPSA) is 59.4 Å². The number of thiazole rings is 1. The van der Waals surface area contributed by atoms with Crippen LogP contribution in [-0.4, -0.2) is 16.1 Å². The lowest BCUT2D eigenvalue weighted by Crippen LogP contribution is -1.96. The standard InChI is InChI=1S/C13H9Cl2NO3S/c14-9-3-8(1-2-12(17)18)13(11(15)4-9)19-6-10-5-16-7-20-10/h1-5,7H,6H2,(H,17,18)/b2-1+. The highest BCUT2D eigenvalue weighted by atomic mass is 35.5. The molecule has 2 rings (SSSR count). The van der Waals surface area contributed by atoms with Gasteiger partial charge in [-0.2, -0.15) is 0 Å². The number of hydrogen-bond donors (Lipinski definition) is 1. The first-order valence-electron chi connectivity index (χ1n) is 5.46. The molecule has 0 fully saturated rings. The van der Waals surface area contributed by atoms with Crippen molar-refractivity contribution in [3.63, 3.8) is 0 Å². The van der Waals surface area contributed by atoms with Gasteiger partial charge in [0.15, 0.2) is 0 Å². The minimum atomic E-state index is -1.06. The second-order valence-electron chi connectivity index (χ2n) is 3.73. The quantitative estimate of drug-likeness (QED) is 0.838. The van der Waals surface area contributed by atoms with Crippen molar-refractivity contribution in [1.82, 2.24) is 4.98 Å². The van der Waals surface area contributed by atoms with Crippen molar-refractivity contribution in [2.24, 2.45) is 0 Å². The number of carbonyl (C=O) groups is 1. The van der Waals surface area contributed by atoms with E-state index in [1.165, 1.54) is 17.4 Å². The molecule has 104 valence electrons. The van der Waals surface area contributed by atoms with E-state index in [0.29, 0.717) is 28.0 Å². The number of benzene rings is 1. The van der Waals surface area contributed by atoms with Gasteiger partial charge in [-0.05, 0) is 18.2 Å². The minimum Gasteiger partial charge on any atom is -0.486 e. The first kappa shape index (κ1) is 14.8. The molecule has 0 aliphatic carbocycles. The van der Waals surface area contributed by atoms with Crippen LogP contribution in [0.2, 0.25) is 10.0 Å². The smallest absolute Gasteiger partial charge is 0.328 e. The number of carboxylic acid groups (broad SMARTS) is 1. The van der Waals surface area contributed by atoms with Gasteiger partial charge in [0, 0.05) is 22.9 Å². The number of ether oxygens (including phenoxy) is 1. The van der Waals surface area contributed by atoms with Crippen LogP contribution in [0.3, 0.4) is 0 Å². The second-order valence-corrected chi connectivity index (χ2v) is 5.55. The predicted molar refractivity (Wildman–Crippen MR) is 79.6 cm³/mol. The molecule has 7 heteroatoms. The third kappa shape index (κ3) is 3.96. The fourth-order valence-corrected chi connectivity index (χ4v) is 2.54. The van der Waals surface area contributed by atoms with E-state index >= 15 is 0 Å². The Balaban J connectivity index is 2.27. The molecular weight excluding hydrogens is 321 g/mol. The van der Waals surface area contributed by atoms with Crippen LogP contribution in [0.15, 0.2) is 29.9 Å². The van der Waals surface area contributed by atoms with Crippen molar-refractivity contribution in [3.05, 3.63) is 50.4 Å². The Bertz CT molecular complexity index is 641. The normalized spacial score (nSPS) is 10.9. The average molecular weight is 330 g/mol. The summed E-state index contributed by atoms with van der Waals surface area (Å²) in [5, 5.41) is 9.42. The molecule has 1 N–H and O–H groups in total.